The molecule has 0 heterocycles. The summed E-state index contributed by atoms with van der Waals surface area (Å²) in [7, 11) is 1.60. The fourth-order valence-corrected chi connectivity index (χ4v) is 2.08. The number of amides is 1. The average Bonchev–Trinajstić information content (AvgIpc) is 2.44. The normalized spacial score (nSPS) is 11.9. The molecule has 0 fully saturated rings. The number of para-hydroxylation sites is 2. The number of rotatable bonds is 8. The van der Waals surface area contributed by atoms with Gasteiger partial charge >= 0.3 is 0 Å². The fraction of sp³-hybridized carbons (Fsp3) is 0.533. The number of benzene rings is 1. The largest absolute Gasteiger partial charge is 0.495 e. The van der Waals surface area contributed by atoms with Crippen molar-refractivity contribution in [3.63, 3.8) is 0 Å². The van der Waals surface area contributed by atoms with Crippen molar-refractivity contribution in [3.05, 3.63) is 24.3 Å². The van der Waals surface area contributed by atoms with Crippen LogP contribution in [0.25, 0.3) is 0 Å². The molecule has 1 aromatic rings. The van der Waals surface area contributed by atoms with Crippen molar-refractivity contribution in [3.8, 4) is 5.75 Å². The molecule has 106 valence electrons. The number of anilines is 1. The molecule has 0 aliphatic rings. The van der Waals surface area contributed by atoms with E-state index in [1.165, 1.54) is 0 Å². The molecule has 0 radical (unpaired) electrons. The zero-order valence-electron chi connectivity index (χ0n) is 11.8. The standard InChI is InChI=1S/C15H24N2O2/c1-3-12(10-11-16)8-9-15(18)17-13-6-4-5-7-14(13)19-2/h4-7,12H,3,8-11,16H2,1-2H3,(H,17,18). The van der Waals surface area contributed by atoms with Gasteiger partial charge in [0.05, 0.1) is 12.8 Å². The van der Waals surface area contributed by atoms with E-state index in [4.69, 9.17) is 10.5 Å². The third-order valence-corrected chi connectivity index (χ3v) is 3.31. The molecular formula is C15H24N2O2. The molecule has 0 aromatic heterocycles. The number of carbonyl (C=O) groups excluding carboxylic acids is 1. The summed E-state index contributed by atoms with van der Waals surface area (Å²) < 4.78 is 5.20. The minimum Gasteiger partial charge on any atom is -0.495 e. The molecule has 3 N–H and O–H groups in total. The van der Waals surface area contributed by atoms with Gasteiger partial charge in [-0.15, -0.1) is 0 Å². The predicted molar refractivity (Wildman–Crippen MR) is 78.3 cm³/mol. The molecule has 0 saturated carbocycles. The van der Waals surface area contributed by atoms with E-state index in [2.05, 4.69) is 12.2 Å². The van der Waals surface area contributed by atoms with Gasteiger partial charge in [-0.05, 0) is 37.4 Å². The minimum atomic E-state index is 0.0278. The summed E-state index contributed by atoms with van der Waals surface area (Å²) in [6.45, 7) is 2.82. The number of methoxy groups -OCH3 is 1. The number of hydrogen-bond acceptors (Lipinski definition) is 3. The summed E-state index contributed by atoms with van der Waals surface area (Å²) in [6.07, 6.45) is 3.46. The molecule has 0 aliphatic carbocycles. The van der Waals surface area contributed by atoms with Gasteiger partial charge in [0.15, 0.2) is 0 Å². The first-order valence-electron chi connectivity index (χ1n) is 6.84. The van der Waals surface area contributed by atoms with Crippen LogP contribution in [0.3, 0.4) is 0 Å². The Hall–Kier alpha value is -1.55. The van der Waals surface area contributed by atoms with Gasteiger partial charge in [-0.1, -0.05) is 25.5 Å². The van der Waals surface area contributed by atoms with Gasteiger partial charge in [-0.2, -0.15) is 0 Å². The maximum Gasteiger partial charge on any atom is 0.224 e. The monoisotopic (exact) mass is 264 g/mol. The molecule has 1 atom stereocenters. The van der Waals surface area contributed by atoms with E-state index in [1.54, 1.807) is 7.11 Å². The summed E-state index contributed by atoms with van der Waals surface area (Å²) in [6, 6.07) is 7.43. The highest BCUT2D eigenvalue weighted by atomic mass is 16.5. The van der Waals surface area contributed by atoms with Crippen LogP contribution in [0.15, 0.2) is 24.3 Å². The van der Waals surface area contributed by atoms with Crippen molar-refractivity contribution in [2.24, 2.45) is 11.7 Å². The second kappa shape index (κ2) is 8.53. The summed E-state index contributed by atoms with van der Waals surface area (Å²) in [5, 5.41) is 2.89. The van der Waals surface area contributed by atoms with E-state index >= 15 is 0 Å². The van der Waals surface area contributed by atoms with Crippen molar-refractivity contribution in [1.82, 2.24) is 0 Å². The van der Waals surface area contributed by atoms with Crippen molar-refractivity contribution < 1.29 is 9.53 Å². The third-order valence-electron chi connectivity index (χ3n) is 3.31. The molecule has 0 aliphatic heterocycles. The van der Waals surface area contributed by atoms with Crippen LogP contribution in [0.5, 0.6) is 5.75 Å². The van der Waals surface area contributed by atoms with Gasteiger partial charge in [-0.3, -0.25) is 4.79 Å². The Morgan fingerprint density at radius 3 is 2.74 bits per heavy atom. The minimum absolute atomic E-state index is 0.0278. The van der Waals surface area contributed by atoms with E-state index in [0.29, 0.717) is 24.6 Å². The highest BCUT2D eigenvalue weighted by molar-refractivity contribution is 5.92. The van der Waals surface area contributed by atoms with Crippen molar-refractivity contribution in [2.45, 2.75) is 32.6 Å². The molecule has 1 unspecified atom stereocenters. The van der Waals surface area contributed by atoms with Crippen molar-refractivity contribution in [2.75, 3.05) is 19.0 Å². The number of ether oxygens (including phenoxy) is 1. The smallest absolute Gasteiger partial charge is 0.224 e. The molecule has 1 aromatic carbocycles. The summed E-state index contributed by atoms with van der Waals surface area (Å²) in [4.78, 5) is 11.9. The quantitative estimate of drug-likeness (QED) is 0.759. The number of nitrogens with two attached hydrogens (primary N) is 1. The van der Waals surface area contributed by atoms with Gasteiger partial charge in [0.2, 0.25) is 5.91 Å². The second-order valence-corrected chi connectivity index (χ2v) is 4.64. The maximum atomic E-state index is 11.9. The first kappa shape index (κ1) is 15.5. The predicted octanol–water partition coefficient (Wildman–Crippen LogP) is 2.79. The van der Waals surface area contributed by atoms with E-state index < -0.39 is 0 Å². The Morgan fingerprint density at radius 2 is 2.11 bits per heavy atom. The zero-order chi connectivity index (χ0) is 14.1. The highest BCUT2D eigenvalue weighted by Gasteiger charge is 2.10. The van der Waals surface area contributed by atoms with Crippen LogP contribution in [0, 0.1) is 5.92 Å². The highest BCUT2D eigenvalue weighted by Crippen LogP contribution is 2.23. The van der Waals surface area contributed by atoms with Crippen LogP contribution in [-0.4, -0.2) is 19.6 Å². The van der Waals surface area contributed by atoms with E-state index in [0.717, 1.165) is 24.9 Å². The number of nitrogens with one attached hydrogen (secondary N) is 1. The Bertz CT molecular complexity index is 393. The van der Waals surface area contributed by atoms with Crippen LogP contribution >= 0.6 is 0 Å². The van der Waals surface area contributed by atoms with Gasteiger partial charge in [0, 0.05) is 6.42 Å². The van der Waals surface area contributed by atoms with Crippen molar-refractivity contribution in [1.29, 1.82) is 0 Å². The first-order valence-corrected chi connectivity index (χ1v) is 6.84. The lowest BCUT2D eigenvalue weighted by Gasteiger charge is -2.14. The summed E-state index contributed by atoms with van der Waals surface area (Å²) in [5.74, 6) is 1.25. The van der Waals surface area contributed by atoms with Crippen LogP contribution in [-0.2, 0) is 4.79 Å². The third kappa shape index (κ3) is 5.30. The van der Waals surface area contributed by atoms with Crippen molar-refractivity contribution >= 4 is 11.6 Å². The molecular weight excluding hydrogens is 240 g/mol. The number of hydrogen-bond donors (Lipinski definition) is 2. The van der Waals surface area contributed by atoms with Crippen LogP contribution in [0.4, 0.5) is 5.69 Å². The lowest BCUT2D eigenvalue weighted by atomic mass is 9.96. The summed E-state index contributed by atoms with van der Waals surface area (Å²) in [5.41, 5.74) is 6.28. The molecule has 1 amide bonds. The average molecular weight is 264 g/mol. The Labute approximate surface area is 115 Å². The van der Waals surface area contributed by atoms with E-state index in [1.807, 2.05) is 24.3 Å². The molecule has 19 heavy (non-hydrogen) atoms. The summed E-state index contributed by atoms with van der Waals surface area (Å²) >= 11 is 0. The van der Waals surface area contributed by atoms with Gasteiger partial charge in [-0.25, -0.2) is 0 Å². The Morgan fingerprint density at radius 1 is 1.37 bits per heavy atom. The zero-order valence-corrected chi connectivity index (χ0v) is 11.8. The number of carbonyl (C=O) groups is 1. The first-order chi connectivity index (χ1) is 9.21. The maximum absolute atomic E-state index is 11.9. The molecule has 0 spiro atoms. The van der Waals surface area contributed by atoms with Crippen LogP contribution in [0.1, 0.15) is 32.6 Å². The Balaban J connectivity index is 2.46. The van der Waals surface area contributed by atoms with Gasteiger partial charge in [0.1, 0.15) is 5.75 Å². The van der Waals surface area contributed by atoms with E-state index in [-0.39, 0.29) is 5.91 Å². The molecule has 0 bridgehead atoms. The lowest BCUT2D eigenvalue weighted by Crippen LogP contribution is -2.15. The second-order valence-electron chi connectivity index (χ2n) is 4.64. The molecule has 4 nitrogen and oxygen atoms in total. The van der Waals surface area contributed by atoms with Crippen LogP contribution < -0.4 is 15.8 Å². The molecule has 0 saturated heterocycles. The SMILES string of the molecule is CCC(CCN)CCC(=O)Nc1ccccc1OC. The molecule has 4 heteroatoms. The fourth-order valence-electron chi connectivity index (χ4n) is 2.08. The van der Waals surface area contributed by atoms with Gasteiger partial charge < -0.3 is 15.8 Å². The Kier molecular flexibility index (Phi) is 6.97. The lowest BCUT2D eigenvalue weighted by molar-refractivity contribution is -0.116. The topological polar surface area (TPSA) is 64.4 Å². The molecule has 1 rings (SSSR count). The van der Waals surface area contributed by atoms with Crippen LogP contribution in [0.2, 0.25) is 0 Å². The van der Waals surface area contributed by atoms with Gasteiger partial charge in [0.25, 0.3) is 0 Å². The van der Waals surface area contributed by atoms with E-state index in [9.17, 15) is 4.79 Å².